The maximum atomic E-state index is 10.4. The summed E-state index contributed by atoms with van der Waals surface area (Å²) in [6.07, 6.45) is 2.77. The summed E-state index contributed by atoms with van der Waals surface area (Å²) in [5.41, 5.74) is 3.10. The zero-order chi connectivity index (χ0) is 11.4. The van der Waals surface area contributed by atoms with E-state index in [-0.39, 0.29) is 0 Å². The van der Waals surface area contributed by atoms with Crippen LogP contribution < -0.4 is 4.90 Å². The summed E-state index contributed by atoms with van der Waals surface area (Å²) >= 11 is 0. The van der Waals surface area contributed by atoms with Crippen LogP contribution in [0, 0.1) is 6.92 Å². The monoisotopic (exact) mass is 205 g/mol. The molecule has 0 aliphatic rings. The number of rotatable bonds is 3. The fourth-order valence-corrected chi connectivity index (χ4v) is 1.59. The maximum Gasteiger partial charge on any atom is 0.328 e. The first-order valence-electron chi connectivity index (χ1n) is 4.70. The molecule has 0 bridgehead atoms. The number of aryl methyl sites for hydroxylation is 1. The molecule has 0 radical (unpaired) electrons. The number of hydrogen-bond acceptors (Lipinski definition) is 2. The average molecular weight is 205 g/mol. The van der Waals surface area contributed by atoms with Gasteiger partial charge in [0.15, 0.2) is 0 Å². The Morgan fingerprint density at radius 3 is 2.60 bits per heavy atom. The molecule has 0 spiro atoms. The van der Waals surface area contributed by atoms with E-state index in [1.807, 2.05) is 44.1 Å². The van der Waals surface area contributed by atoms with Crippen LogP contribution in [-0.2, 0) is 4.79 Å². The van der Waals surface area contributed by atoms with Gasteiger partial charge in [-0.15, -0.1) is 0 Å². The van der Waals surface area contributed by atoms with E-state index in [0.717, 1.165) is 22.9 Å². The van der Waals surface area contributed by atoms with Gasteiger partial charge in [-0.3, -0.25) is 0 Å². The van der Waals surface area contributed by atoms with Crippen molar-refractivity contribution < 1.29 is 9.90 Å². The van der Waals surface area contributed by atoms with Gasteiger partial charge in [0, 0.05) is 25.9 Å². The Morgan fingerprint density at radius 2 is 2.07 bits per heavy atom. The SMILES string of the molecule is Cc1cccc(/C=C/C(=O)O)c1N(C)C. The van der Waals surface area contributed by atoms with Gasteiger partial charge >= 0.3 is 5.97 Å². The summed E-state index contributed by atoms with van der Waals surface area (Å²) in [6, 6.07) is 5.83. The largest absolute Gasteiger partial charge is 0.478 e. The Kier molecular flexibility index (Phi) is 3.50. The van der Waals surface area contributed by atoms with Crippen molar-refractivity contribution in [2.24, 2.45) is 0 Å². The van der Waals surface area contributed by atoms with Gasteiger partial charge in [-0.1, -0.05) is 18.2 Å². The lowest BCUT2D eigenvalue weighted by Gasteiger charge is -2.18. The number of carbonyl (C=O) groups is 1. The Labute approximate surface area is 89.6 Å². The number of nitrogens with zero attached hydrogens (tertiary/aromatic N) is 1. The predicted octanol–water partition coefficient (Wildman–Crippen LogP) is 2.16. The number of aliphatic carboxylic acids is 1. The van der Waals surface area contributed by atoms with Crippen LogP contribution in [0.2, 0.25) is 0 Å². The molecule has 0 atom stereocenters. The Hall–Kier alpha value is -1.77. The first-order chi connectivity index (χ1) is 7.02. The molecular formula is C12H15NO2. The molecule has 0 heterocycles. The van der Waals surface area contributed by atoms with Crippen LogP contribution >= 0.6 is 0 Å². The topological polar surface area (TPSA) is 40.5 Å². The molecule has 0 saturated carbocycles. The fourth-order valence-electron chi connectivity index (χ4n) is 1.59. The molecule has 15 heavy (non-hydrogen) atoms. The first kappa shape index (κ1) is 11.3. The third-order valence-electron chi connectivity index (χ3n) is 2.12. The van der Waals surface area contributed by atoms with E-state index < -0.39 is 5.97 Å². The van der Waals surface area contributed by atoms with Gasteiger partial charge in [-0.2, -0.15) is 0 Å². The molecule has 1 aromatic rings. The molecule has 0 aliphatic heterocycles. The second kappa shape index (κ2) is 4.64. The lowest BCUT2D eigenvalue weighted by atomic mass is 10.1. The minimum atomic E-state index is -0.929. The van der Waals surface area contributed by atoms with Crippen molar-refractivity contribution in [3.63, 3.8) is 0 Å². The molecule has 0 saturated heterocycles. The quantitative estimate of drug-likeness (QED) is 0.769. The molecule has 0 aliphatic carbocycles. The highest BCUT2D eigenvalue weighted by Gasteiger charge is 2.04. The molecule has 0 unspecified atom stereocenters. The fraction of sp³-hybridized carbons (Fsp3) is 0.250. The van der Waals surface area contributed by atoms with Crippen LogP contribution in [0.4, 0.5) is 5.69 Å². The molecule has 80 valence electrons. The first-order valence-corrected chi connectivity index (χ1v) is 4.70. The molecule has 1 N–H and O–H groups in total. The minimum absolute atomic E-state index is 0.919. The lowest BCUT2D eigenvalue weighted by Crippen LogP contribution is -2.11. The van der Waals surface area contributed by atoms with Gasteiger partial charge in [0.2, 0.25) is 0 Å². The van der Waals surface area contributed by atoms with E-state index in [1.54, 1.807) is 6.08 Å². The van der Waals surface area contributed by atoms with Gasteiger partial charge in [0.25, 0.3) is 0 Å². The zero-order valence-electron chi connectivity index (χ0n) is 9.19. The molecule has 3 nitrogen and oxygen atoms in total. The molecule has 0 aromatic heterocycles. The lowest BCUT2D eigenvalue weighted by molar-refractivity contribution is -0.131. The van der Waals surface area contributed by atoms with Crippen LogP contribution in [0.25, 0.3) is 6.08 Å². The highest BCUT2D eigenvalue weighted by molar-refractivity contribution is 5.87. The van der Waals surface area contributed by atoms with E-state index in [0.29, 0.717) is 0 Å². The Bertz CT molecular complexity index is 395. The van der Waals surface area contributed by atoms with Gasteiger partial charge in [0.1, 0.15) is 0 Å². The molecule has 0 fully saturated rings. The van der Waals surface area contributed by atoms with E-state index in [9.17, 15) is 4.79 Å². The highest BCUT2D eigenvalue weighted by Crippen LogP contribution is 2.24. The van der Waals surface area contributed by atoms with Crippen molar-refractivity contribution in [3.05, 3.63) is 35.4 Å². The van der Waals surface area contributed by atoms with Crippen molar-refractivity contribution in [1.82, 2.24) is 0 Å². The third kappa shape index (κ3) is 2.84. The summed E-state index contributed by atoms with van der Waals surface area (Å²) in [6.45, 7) is 2.01. The Morgan fingerprint density at radius 1 is 1.40 bits per heavy atom. The van der Waals surface area contributed by atoms with E-state index in [4.69, 9.17) is 5.11 Å². The second-order valence-corrected chi connectivity index (χ2v) is 3.58. The van der Waals surface area contributed by atoms with Crippen molar-refractivity contribution in [3.8, 4) is 0 Å². The third-order valence-corrected chi connectivity index (χ3v) is 2.12. The van der Waals surface area contributed by atoms with Crippen LogP contribution in [0.5, 0.6) is 0 Å². The maximum absolute atomic E-state index is 10.4. The summed E-state index contributed by atoms with van der Waals surface area (Å²) < 4.78 is 0. The summed E-state index contributed by atoms with van der Waals surface area (Å²) in [7, 11) is 3.89. The van der Waals surface area contributed by atoms with Crippen LogP contribution in [0.3, 0.4) is 0 Å². The molecule has 3 heteroatoms. The van der Waals surface area contributed by atoms with Crippen molar-refractivity contribution in [1.29, 1.82) is 0 Å². The van der Waals surface area contributed by atoms with E-state index in [2.05, 4.69) is 0 Å². The molecule has 1 aromatic carbocycles. The second-order valence-electron chi connectivity index (χ2n) is 3.58. The van der Waals surface area contributed by atoms with Gasteiger partial charge in [-0.25, -0.2) is 4.79 Å². The number of benzene rings is 1. The standard InChI is InChI=1S/C12H15NO2/c1-9-5-4-6-10(7-8-11(14)15)12(9)13(2)3/h4-8H,1-3H3,(H,14,15)/b8-7+. The minimum Gasteiger partial charge on any atom is -0.478 e. The summed E-state index contributed by atoms with van der Waals surface area (Å²) in [5.74, 6) is -0.929. The van der Waals surface area contributed by atoms with Gasteiger partial charge in [0.05, 0.1) is 0 Å². The van der Waals surface area contributed by atoms with Gasteiger partial charge < -0.3 is 10.0 Å². The van der Waals surface area contributed by atoms with Crippen LogP contribution in [0.1, 0.15) is 11.1 Å². The van der Waals surface area contributed by atoms with Crippen LogP contribution in [0.15, 0.2) is 24.3 Å². The van der Waals surface area contributed by atoms with E-state index in [1.165, 1.54) is 0 Å². The smallest absolute Gasteiger partial charge is 0.328 e. The number of para-hydroxylation sites is 1. The summed E-state index contributed by atoms with van der Waals surface area (Å²) in [4.78, 5) is 12.4. The zero-order valence-corrected chi connectivity index (χ0v) is 9.19. The molecular weight excluding hydrogens is 190 g/mol. The van der Waals surface area contributed by atoms with E-state index >= 15 is 0 Å². The molecule has 0 amide bonds. The van der Waals surface area contributed by atoms with Crippen molar-refractivity contribution >= 4 is 17.7 Å². The summed E-state index contributed by atoms with van der Waals surface area (Å²) in [5, 5.41) is 8.57. The average Bonchev–Trinajstić information content (AvgIpc) is 2.13. The Balaban J connectivity index is 3.17. The van der Waals surface area contributed by atoms with Crippen molar-refractivity contribution in [2.75, 3.05) is 19.0 Å². The van der Waals surface area contributed by atoms with Crippen LogP contribution in [-0.4, -0.2) is 25.2 Å². The number of carboxylic acid groups (broad SMARTS) is 1. The number of hydrogen-bond donors (Lipinski definition) is 1. The van der Waals surface area contributed by atoms with Gasteiger partial charge in [-0.05, 0) is 24.1 Å². The highest BCUT2D eigenvalue weighted by atomic mass is 16.4. The molecule has 1 rings (SSSR count). The normalized spacial score (nSPS) is 10.6. The number of carboxylic acids is 1. The number of anilines is 1. The predicted molar refractivity (Wildman–Crippen MR) is 62.2 cm³/mol. The van der Waals surface area contributed by atoms with Crippen molar-refractivity contribution in [2.45, 2.75) is 6.92 Å².